The summed E-state index contributed by atoms with van der Waals surface area (Å²) in [6.45, 7) is 0. The van der Waals surface area contributed by atoms with Crippen LogP contribution in [-0.4, -0.2) is 5.91 Å². The van der Waals surface area contributed by atoms with Gasteiger partial charge in [-0.3, -0.25) is 4.79 Å². The number of rotatable bonds is 6. The molecule has 2 heterocycles. The lowest BCUT2D eigenvalue weighted by Gasteiger charge is -2.16. The lowest BCUT2D eigenvalue weighted by molar-refractivity contribution is -0.121. The van der Waals surface area contributed by atoms with Gasteiger partial charge in [0.2, 0.25) is 5.91 Å². The number of halogens is 1. The predicted molar refractivity (Wildman–Crippen MR) is 98.4 cm³/mol. The lowest BCUT2D eigenvalue weighted by atomic mass is 10.1. The molecule has 0 radical (unpaired) electrons. The van der Waals surface area contributed by atoms with Crippen LogP contribution in [0.5, 0.6) is 0 Å². The molecule has 0 aliphatic heterocycles. The molecule has 0 spiro atoms. The zero-order valence-corrected chi connectivity index (χ0v) is 14.8. The monoisotopic (exact) mass is 361 g/mol. The van der Waals surface area contributed by atoms with E-state index in [0.29, 0.717) is 17.9 Å². The molecule has 0 aliphatic carbocycles. The third-order valence-electron chi connectivity index (χ3n) is 3.54. The second-order valence-electron chi connectivity index (χ2n) is 5.20. The second-order valence-corrected chi connectivity index (χ2v) is 7.40. The average molecular weight is 362 g/mol. The molecular formula is C18H16ClNOS2. The number of amides is 1. The molecule has 0 saturated carbocycles. The number of aryl methyl sites for hydroxylation is 1. The minimum absolute atomic E-state index is 0.0505. The van der Waals surface area contributed by atoms with E-state index in [2.05, 4.69) is 22.8 Å². The minimum Gasteiger partial charge on any atom is -0.344 e. The Kier molecular flexibility index (Phi) is 5.49. The first-order valence-electron chi connectivity index (χ1n) is 7.31. The van der Waals surface area contributed by atoms with Crippen LogP contribution in [0.1, 0.15) is 28.5 Å². The smallest absolute Gasteiger partial charge is 0.221 e. The van der Waals surface area contributed by atoms with Gasteiger partial charge in [-0.2, -0.15) is 11.3 Å². The molecule has 0 saturated heterocycles. The van der Waals surface area contributed by atoms with Crippen LogP contribution in [0.15, 0.2) is 58.6 Å². The Morgan fingerprint density at radius 1 is 1.17 bits per heavy atom. The summed E-state index contributed by atoms with van der Waals surface area (Å²) in [5.41, 5.74) is 2.21. The highest BCUT2D eigenvalue weighted by Gasteiger charge is 2.18. The van der Waals surface area contributed by atoms with Crippen LogP contribution in [0.4, 0.5) is 0 Å². The molecule has 118 valence electrons. The predicted octanol–water partition coefficient (Wildman–Crippen LogP) is 5.30. The molecule has 1 amide bonds. The van der Waals surface area contributed by atoms with Gasteiger partial charge in [0.05, 0.1) is 6.04 Å². The molecule has 2 aromatic heterocycles. The van der Waals surface area contributed by atoms with Crippen LogP contribution in [0.25, 0.3) is 0 Å². The maximum atomic E-state index is 12.4. The van der Waals surface area contributed by atoms with Crippen molar-refractivity contribution < 1.29 is 4.79 Å². The van der Waals surface area contributed by atoms with Gasteiger partial charge in [0, 0.05) is 16.3 Å². The number of hydrogen-bond donors (Lipinski definition) is 1. The molecule has 1 atom stereocenters. The first-order chi connectivity index (χ1) is 11.2. The quantitative estimate of drug-likeness (QED) is 0.634. The van der Waals surface area contributed by atoms with E-state index in [1.54, 1.807) is 22.7 Å². The number of hydrogen-bond acceptors (Lipinski definition) is 3. The van der Waals surface area contributed by atoms with Gasteiger partial charge in [-0.15, -0.1) is 11.3 Å². The van der Waals surface area contributed by atoms with E-state index >= 15 is 0 Å². The summed E-state index contributed by atoms with van der Waals surface area (Å²) in [4.78, 5) is 13.5. The molecule has 1 aromatic carbocycles. The van der Waals surface area contributed by atoms with E-state index in [1.807, 2.05) is 41.1 Å². The standard InChI is InChI=1S/C18H16ClNOS2/c19-15-4-1-3-13(11-15)6-7-17(21)20-18(14-8-10-22-12-14)16-5-2-9-23-16/h1-5,8-12,18H,6-7H2,(H,20,21)/t18-/m0/s1. The van der Waals surface area contributed by atoms with Crippen molar-refractivity contribution in [2.75, 3.05) is 0 Å². The largest absolute Gasteiger partial charge is 0.344 e. The summed E-state index contributed by atoms with van der Waals surface area (Å²) in [7, 11) is 0. The third-order valence-corrected chi connectivity index (χ3v) is 5.41. The van der Waals surface area contributed by atoms with Gasteiger partial charge in [-0.25, -0.2) is 0 Å². The minimum atomic E-state index is -0.0619. The topological polar surface area (TPSA) is 29.1 Å². The molecule has 23 heavy (non-hydrogen) atoms. The number of nitrogens with one attached hydrogen (secondary N) is 1. The summed E-state index contributed by atoms with van der Waals surface area (Å²) >= 11 is 9.28. The Bertz CT molecular complexity index is 719. The van der Waals surface area contributed by atoms with Gasteiger partial charge in [-0.05, 0) is 58.0 Å². The van der Waals surface area contributed by atoms with Crippen molar-refractivity contribution in [1.82, 2.24) is 5.32 Å². The van der Waals surface area contributed by atoms with Crippen LogP contribution in [0.3, 0.4) is 0 Å². The number of benzene rings is 1. The fourth-order valence-corrected chi connectivity index (χ4v) is 4.10. The van der Waals surface area contributed by atoms with Gasteiger partial charge < -0.3 is 5.32 Å². The second kappa shape index (κ2) is 7.77. The van der Waals surface area contributed by atoms with E-state index < -0.39 is 0 Å². The summed E-state index contributed by atoms with van der Waals surface area (Å²) in [5, 5.41) is 10.0. The van der Waals surface area contributed by atoms with E-state index in [9.17, 15) is 4.79 Å². The Morgan fingerprint density at radius 2 is 2.09 bits per heavy atom. The molecule has 2 nitrogen and oxygen atoms in total. The molecule has 1 N–H and O–H groups in total. The molecule has 0 aliphatic rings. The molecule has 0 bridgehead atoms. The average Bonchev–Trinajstić information content (AvgIpc) is 3.24. The zero-order valence-electron chi connectivity index (χ0n) is 12.4. The summed E-state index contributed by atoms with van der Waals surface area (Å²) in [6, 6.07) is 13.7. The number of carbonyl (C=O) groups excluding carboxylic acids is 1. The van der Waals surface area contributed by atoms with Gasteiger partial charge in [0.1, 0.15) is 0 Å². The van der Waals surface area contributed by atoms with Crippen molar-refractivity contribution in [2.24, 2.45) is 0 Å². The van der Waals surface area contributed by atoms with E-state index in [1.165, 1.54) is 0 Å². The maximum absolute atomic E-state index is 12.4. The maximum Gasteiger partial charge on any atom is 0.221 e. The van der Waals surface area contributed by atoms with Crippen molar-refractivity contribution >= 4 is 40.2 Å². The van der Waals surface area contributed by atoms with Crippen LogP contribution in [0.2, 0.25) is 5.02 Å². The van der Waals surface area contributed by atoms with Crippen LogP contribution < -0.4 is 5.32 Å². The number of carbonyl (C=O) groups is 1. The van der Waals surface area contributed by atoms with E-state index in [4.69, 9.17) is 11.6 Å². The van der Waals surface area contributed by atoms with Crippen molar-refractivity contribution in [3.8, 4) is 0 Å². The normalized spacial score (nSPS) is 12.0. The molecule has 5 heteroatoms. The fourth-order valence-electron chi connectivity index (χ4n) is 2.40. The fraction of sp³-hybridized carbons (Fsp3) is 0.167. The highest BCUT2D eigenvalue weighted by Crippen LogP contribution is 2.27. The van der Waals surface area contributed by atoms with Crippen molar-refractivity contribution in [3.63, 3.8) is 0 Å². The van der Waals surface area contributed by atoms with Crippen molar-refractivity contribution in [2.45, 2.75) is 18.9 Å². The van der Waals surface area contributed by atoms with E-state index in [-0.39, 0.29) is 11.9 Å². The van der Waals surface area contributed by atoms with Crippen LogP contribution in [-0.2, 0) is 11.2 Å². The highest BCUT2D eigenvalue weighted by atomic mass is 35.5. The molecule has 3 aromatic rings. The summed E-state index contributed by atoms with van der Waals surface area (Å²) in [6.07, 6.45) is 1.14. The molecular weight excluding hydrogens is 346 g/mol. The first-order valence-corrected chi connectivity index (χ1v) is 9.52. The zero-order chi connectivity index (χ0) is 16.1. The Labute approximate surface area is 148 Å². The van der Waals surface area contributed by atoms with Crippen LogP contribution in [0, 0.1) is 0 Å². The van der Waals surface area contributed by atoms with Gasteiger partial charge in [-0.1, -0.05) is 29.8 Å². The Balaban J connectivity index is 1.65. The molecule has 0 unspecified atom stereocenters. The molecule has 0 fully saturated rings. The Hall–Kier alpha value is -1.62. The van der Waals surface area contributed by atoms with Crippen molar-refractivity contribution in [1.29, 1.82) is 0 Å². The highest BCUT2D eigenvalue weighted by molar-refractivity contribution is 7.10. The van der Waals surface area contributed by atoms with Gasteiger partial charge in [0.15, 0.2) is 0 Å². The Morgan fingerprint density at radius 3 is 2.78 bits per heavy atom. The van der Waals surface area contributed by atoms with Gasteiger partial charge >= 0.3 is 0 Å². The van der Waals surface area contributed by atoms with Gasteiger partial charge in [0.25, 0.3) is 0 Å². The summed E-state index contributed by atoms with van der Waals surface area (Å²) in [5.74, 6) is 0.0505. The third kappa shape index (κ3) is 4.44. The first kappa shape index (κ1) is 16.2. The van der Waals surface area contributed by atoms with Crippen LogP contribution >= 0.6 is 34.3 Å². The SMILES string of the molecule is O=C(CCc1cccc(Cl)c1)N[C@@H](c1ccsc1)c1cccs1. The number of thiophene rings is 2. The lowest BCUT2D eigenvalue weighted by Crippen LogP contribution is -2.28. The summed E-state index contributed by atoms with van der Waals surface area (Å²) < 4.78 is 0. The van der Waals surface area contributed by atoms with E-state index in [0.717, 1.165) is 16.0 Å². The van der Waals surface area contributed by atoms with Crippen molar-refractivity contribution in [3.05, 3.63) is 79.6 Å². The molecule has 3 rings (SSSR count).